The molecule has 1 aromatic carbocycles. The summed E-state index contributed by atoms with van der Waals surface area (Å²) in [4.78, 5) is 20.4. The van der Waals surface area contributed by atoms with Crippen LogP contribution in [0, 0.1) is 23.1 Å². The van der Waals surface area contributed by atoms with Crippen LogP contribution in [-0.4, -0.2) is 35.6 Å². The molecule has 1 aliphatic heterocycles. The zero-order chi connectivity index (χ0) is 24.0. The number of hydrogen-bond donors (Lipinski definition) is 2. The van der Waals surface area contributed by atoms with Crippen molar-refractivity contribution in [2.24, 2.45) is 16.6 Å². The summed E-state index contributed by atoms with van der Waals surface area (Å²) in [6, 6.07) is 5.83. The Hall–Kier alpha value is -3.39. The quantitative estimate of drug-likeness (QED) is 0.642. The number of amides is 1. The lowest BCUT2D eigenvalue weighted by Crippen LogP contribution is -2.48. The van der Waals surface area contributed by atoms with Gasteiger partial charge in [-0.1, -0.05) is 11.6 Å². The zero-order valence-electron chi connectivity index (χ0n) is 16.8. The van der Waals surface area contributed by atoms with Crippen LogP contribution in [0.3, 0.4) is 0 Å². The molecule has 2 heterocycles. The van der Waals surface area contributed by atoms with Crippen LogP contribution in [-0.2, 0) is 10.3 Å². The maximum absolute atomic E-state index is 14.9. The van der Waals surface area contributed by atoms with Gasteiger partial charge in [-0.3, -0.25) is 4.79 Å². The summed E-state index contributed by atoms with van der Waals surface area (Å²) in [6.45, 7) is -1.31. The monoisotopic (exact) mass is 481 g/mol. The van der Waals surface area contributed by atoms with Gasteiger partial charge in [-0.2, -0.15) is 5.26 Å². The summed E-state index contributed by atoms with van der Waals surface area (Å²) in [6.07, 6.45) is -1.46. The van der Waals surface area contributed by atoms with E-state index in [-0.39, 0.29) is 27.5 Å². The highest BCUT2D eigenvalue weighted by atomic mass is 35.5. The van der Waals surface area contributed by atoms with Gasteiger partial charge in [0, 0.05) is 36.2 Å². The van der Waals surface area contributed by atoms with E-state index in [1.165, 1.54) is 12.1 Å². The molecule has 3 N–H and O–H groups in total. The number of amidine groups is 1. The number of carbonyl (C=O) groups excluding carboxylic acids is 1. The summed E-state index contributed by atoms with van der Waals surface area (Å²) in [7, 11) is 0. The molecule has 33 heavy (non-hydrogen) atoms. The fraction of sp³-hybridized carbons (Fsp3) is 0.333. The van der Waals surface area contributed by atoms with Crippen molar-refractivity contribution >= 4 is 29.2 Å². The predicted octanol–water partition coefficient (Wildman–Crippen LogP) is 3.92. The van der Waals surface area contributed by atoms with Gasteiger partial charge in [0.25, 0.3) is 17.9 Å². The number of halogens is 5. The second kappa shape index (κ2) is 8.19. The van der Waals surface area contributed by atoms with E-state index in [1.807, 2.05) is 6.07 Å². The number of alkyl halides is 3. The number of aliphatic imine (C=N–C) groups is 1. The standard InChI is InChI=1S/C21H16ClF4N5O2/c22-14-3-10(7-27)8-29-17(14)18(32)30-11-1-2-15(24)12(4-11)21(9-23)13-5-20(25,26)6-16(13)33-19(28)31-21/h1-4,8,13,16H,5-6,9H2,(H2,28,31)(H,30,32)/t13-,16+,21+/m0/s1. The third-order valence-electron chi connectivity index (χ3n) is 5.74. The number of anilines is 1. The molecule has 1 fully saturated rings. The number of ether oxygens (including phenoxy) is 1. The Morgan fingerprint density at radius 1 is 1.36 bits per heavy atom. The van der Waals surface area contributed by atoms with Crippen LogP contribution in [0.5, 0.6) is 0 Å². The molecule has 0 spiro atoms. The molecule has 0 bridgehead atoms. The van der Waals surface area contributed by atoms with Crippen LogP contribution in [0.1, 0.15) is 34.5 Å². The van der Waals surface area contributed by atoms with Gasteiger partial charge in [-0.25, -0.2) is 27.5 Å². The number of hydrogen-bond acceptors (Lipinski definition) is 6. The Morgan fingerprint density at radius 2 is 2.12 bits per heavy atom. The number of rotatable bonds is 4. The molecule has 3 atom stereocenters. The Kier molecular flexibility index (Phi) is 5.66. The van der Waals surface area contributed by atoms with E-state index in [4.69, 9.17) is 27.3 Å². The highest BCUT2D eigenvalue weighted by molar-refractivity contribution is 6.34. The molecule has 1 amide bonds. The molecule has 2 aliphatic rings. The van der Waals surface area contributed by atoms with Crippen LogP contribution in [0.4, 0.5) is 23.2 Å². The summed E-state index contributed by atoms with van der Waals surface area (Å²) < 4.78 is 62.8. The third-order valence-corrected chi connectivity index (χ3v) is 6.03. The lowest BCUT2D eigenvalue weighted by Gasteiger charge is -2.40. The number of carbonyl (C=O) groups is 1. The first-order chi connectivity index (χ1) is 15.6. The molecule has 0 saturated heterocycles. The summed E-state index contributed by atoms with van der Waals surface area (Å²) in [5.41, 5.74) is 3.19. The lowest BCUT2D eigenvalue weighted by atomic mass is 9.76. The van der Waals surface area contributed by atoms with Crippen molar-refractivity contribution in [3.05, 3.63) is 58.1 Å². The van der Waals surface area contributed by atoms with E-state index >= 15 is 0 Å². The van der Waals surface area contributed by atoms with E-state index in [9.17, 15) is 22.4 Å². The molecule has 172 valence electrons. The van der Waals surface area contributed by atoms with Gasteiger partial charge in [-0.05, 0) is 24.3 Å². The zero-order valence-corrected chi connectivity index (χ0v) is 17.5. The Bertz CT molecular complexity index is 1200. The molecule has 1 aromatic heterocycles. The van der Waals surface area contributed by atoms with Crippen molar-refractivity contribution in [1.29, 1.82) is 5.26 Å². The van der Waals surface area contributed by atoms with E-state index in [0.717, 1.165) is 18.3 Å². The van der Waals surface area contributed by atoms with Crippen LogP contribution in [0.25, 0.3) is 0 Å². The molecule has 7 nitrogen and oxygen atoms in total. The number of nitrogens with zero attached hydrogens (tertiary/aromatic N) is 3. The van der Waals surface area contributed by atoms with Crippen molar-refractivity contribution in [1.82, 2.24) is 4.98 Å². The van der Waals surface area contributed by atoms with Gasteiger partial charge in [-0.15, -0.1) is 0 Å². The molecular formula is C21H16ClF4N5O2. The molecule has 0 radical (unpaired) electrons. The Morgan fingerprint density at radius 3 is 2.79 bits per heavy atom. The van der Waals surface area contributed by atoms with Gasteiger partial charge in [0.2, 0.25) is 0 Å². The van der Waals surface area contributed by atoms with Gasteiger partial charge >= 0.3 is 0 Å². The minimum absolute atomic E-state index is 0.0213. The number of nitriles is 1. The van der Waals surface area contributed by atoms with E-state index in [0.29, 0.717) is 0 Å². The molecule has 1 aliphatic carbocycles. The fourth-order valence-corrected chi connectivity index (χ4v) is 4.54. The smallest absolute Gasteiger partial charge is 0.283 e. The van der Waals surface area contributed by atoms with E-state index in [1.54, 1.807) is 0 Å². The number of nitrogens with two attached hydrogens (primary N) is 1. The summed E-state index contributed by atoms with van der Waals surface area (Å²) in [5, 5.41) is 11.2. The topological polar surface area (TPSA) is 113 Å². The van der Waals surface area contributed by atoms with Crippen LogP contribution in [0.2, 0.25) is 5.02 Å². The number of benzene rings is 1. The first-order valence-corrected chi connectivity index (χ1v) is 10.1. The molecule has 12 heteroatoms. The van der Waals surface area contributed by atoms with Gasteiger partial charge < -0.3 is 15.8 Å². The van der Waals surface area contributed by atoms with Gasteiger partial charge in [0.15, 0.2) is 0 Å². The Balaban J connectivity index is 1.71. The average molecular weight is 482 g/mol. The van der Waals surface area contributed by atoms with Crippen molar-refractivity contribution in [3.63, 3.8) is 0 Å². The minimum atomic E-state index is -3.16. The number of aromatic nitrogens is 1. The molecule has 0 unspecified atom stereocenters. The van der Waals surface area contributed by atoms with Crippen molar-refractivity contribution < 1.29 is 27.1 Å². The van der Waals surface area contributed by atoms with E-state index < -0.39 is 60.7 Å². The van der Waals surface area contributed by atoms with Crippen LogP contribution < -0.4 is 11.1 Å². The highest BCUT2D eigenvalue weighted by Gasteiger charge is 2.60. The predicted molar refractivity (Wildman–Crippen MR) is 110 cm³/mol. The Labute approximate surface area is 190 Å². The van der Waals surface area contributed by atoms with Crippen molar-refractivity contribution in [2.75, 3.05) is 12.0 Å². The second-order valence-corrected chi connectivity index (χ2v) is 8.26. The first kappa shape index (κ1) is 22.8. The largest absolute Gasteiger partial charge is 0.461 e. The summed E-state index contributed by atoms with van der Waals surface area (Å²) in [5.74, 6) is -6.03. The number of pyridine rings is 1. The normalized spacial score (nSPS) is 25.4. The van der Waals surface area contributed by atoms with Gasteiger partial charge in [0.1, 0.15) is 35.9 Å². The summed E-state index contributed by atoms with van der Waals surface area (Å²) >= 11 is 6.00. The minimum Gasteiger partial charge on any atom is -0.461 e. The van der Waals surface area contributed by atoms with Crippen LogP contribution >= 0.6 is 11.6 Å². The van der Waals surface area contributed by atoms with E-state index in [2.05, 4.69) is 15.3 Å². The van der Waals surface area contributed by atoms with Crippen LogP contribution in [0.15, 0.2) is 35.5 Å². The number of nitrogens with one attached hydrogen (secondary N) is 1. The first-order valence-electron chi connectivity index (χ1n) is 9.71. The lowest BCUT2D eigenvalue weighted by molar-refractivity contribution is -0.00299. The molecule has 1 saturated carbocycles. The molecular weight excluding hydrogens is 466 g/mol. The molecule has 2 aromatic rings. The molecule has 4 rings (SSSR count). The van der Waals surface area contributed by atoms with Crippen molar-refractivity contribution in [3.8, 4) is 6.07 Å². The van der Waals surface area contributed by atoms with Gasteiger partial charge in [0.05, 0.1) is 10.6 Å². The fourth-order valence-electron chi connectivity index (χ4n) is 4.29. The maximum Gasteiger partial charge on any atom is 0.283 e. The highest BCUT2D eigenvalue weighted by Crippen LogP contribution is 2.53. The third kappa shape index (κ3) is 4.06. The van der Waals surface area contributed by atoms with Crippen molar-refractivity contribution in [2.45, 2.75) is 30.4 Å². The number of fused-ring (bicyclic) bond motifs is 1. The average Bonchev–Trinajstić information content (AvgIpc) is 3.08. The SMILES string of the molecule is N#Cc1cnc(C(=O)Nc2ccc(F)c([C@@]3(CF)N=C(N)O[C@@H]4CC(F)(F)C[C@@H]43)c2)c(Cl)c1. The maximum atomic E-state index is 14.9. The second-order valence-electron chi connectivity index (χ2n) is 7.85.